The zero-order valence-electron chi connectivity index (χ0n) is 10.6. The molecule has 0 bridgehead atoms. The molecule has 0 aliphatic rings. The standard InChI is InChI=1S/C12H18N2O3/c1-5-14-12(13-2)8-6-9(16-3)11(15)10(7-8)17-4/h6-7,15H,5H2,1-4H3,(H,13,14). The van der Waals surface area contributed by atoms with Gasteiger partial charge >= 0.3 is 0 Å². The van der Waals surface area contributed by atoms with E-state index in [9.17, 15) is 5.11 Å². The number of rotatable bonds is 4. The monoisotopic (exact) mass is 238 g/mol. The van der Waals surface area contributed by atoms with Crippen LogP contribution in [0.2, 0.25) is 0 Å². The van der Waals surface area contributed by atoms with Crippen molar-refractivity contribution in [3.05, 3.63) is 17.7 Å². The van der Waals surface area contributed by atoms with E-state index < -0.39 is 0 Å². The largest absolute Gasteiger partial charge is 0.502 e. The Morgan fingerprint density at radius 2 is 1.82 bits per heavy atom. The Morgan fingerprint density at radius 3 is 2.18 bits per heavy atom. The second-order valence-electron chi connectivity index (χ2n) is 3.33. The molecule has 5 nitrogen and oxygen atoms in total. The summed E-state index contributed by atoms with van der Waals surface area (Å²) in [5.41, 5.74) is 0.806. The van der Waals surface area contributed by atoms with Crippen LogP contribution in [0.4, 0.5) is 0 Å². The van der Waals surface area contributed by atoms with Crippen molar-refractivity contribution in [1.82, 2.24) is 5.32 Å². The van der Waals surface area contributed by atoms with Crippen molar-refractivity contribution in [2.24, 2.45) is 4.99 Å². The molecule has 5 heteroatoms. The summed E-state index contributed by atoms with van der Waals surface area (Å²) in [4.78, 5) is 4.14. The Labute approximate surface area is 101 Å². The summed E-state index contributed by atoms with van der Waals surface area (Å²) in [6.45, 7) is 2.75. The predicted octanol–water partition coefficient (Wildman–Crippen LogP) is 1.40. The lowest BCUT2D eigenvalue weighted by molar-refractivity contribution is 0.340. The van der Waals surface area contributed by atoms with Crippen LogP contribution in [-0.4, -0.2) is 38.8 Å². The molecule has 17 heavy (non-hydrogen) atoms. The zero-order chi connectivity index (χ0) is 12.8. The molecule has 0 amide bonds. The molecular formula is C12H18N2O3. The highest BCUT2D eigenvalue weighted by molar-refractivity contribution is 5.99. The first kappa shape index (κ1) is 13.2. The molecule has 0 aliphatic carbocycles. The lowest BCUT2D eigenvalue weighted by atomic mass is 10.1. The first-order valence-electron chi connectivity index (χ1n) is 5.33. The minimum atomic E-state index is -0.00861. The molecule has 0 atom stereocenters. The molecule has 0 heterocycles. The molecule has 0 saturated carbocycles. The van der Waals surface area contributed by atoms with E-state index in [0.717, 1.165) is 17.9 Å². The predicted molar refractivity (Wildman–Crippen MR) is 67.3 cm³/mol. The van der Waals surface area contributed by atoms with Crippen molar-refractivity contribution in [3.8, 4) is 17.2 Å². The maximum atomic E-state index is 9.79. The number of phenols is 1. The SMILES string of the molecule is CCNC(=NC)c1cc(OC)c(O)c(OC)c1. The topological polar surface area (TPSA) is 63.1 Å². The lowest BCUT2D eigenvalue weighted by Gasteiger charge is -2.13. The van der Waals surface area contributed by atoms with Gasteiger partial charge in [0.05, 0.1) is 14.2 Å². The minimum Gasteiger partial charge on any atom is -0.502 e. The average molecular weight is 238 g/mol. The number of phenolic OH excluding ortho intramolecular Hbond substituents is 1. The maximum Gasteiger partial charge on any atom is 0.200 e. The van der Waals surface area contributed by atoms with Gasteiger partial charge in [0, 0.05) is 19.2 Å². The second-order valence-corrected chi connectivity index (χ2v) is 3.33. The van der Waals surface area contributed by atoms with Crippen LogP contribution in [0.25, 0.3) is 0 Å². The van der Waals surface area contributed by atoms with Crippen molar-refractivity contribution >= 4 is 5.84 Å². The number of amidine groups is 1. The van der Waals surface area contributed by atoms with E-state index in [0.29, 0.717) is 11.5 Å². The fourth-order valence-electron chi connectivity index (χ4n) is 1.51. The van der Waals surface area contributed by atoms with Crippen molar-refractivity contribution < 1.29 is 14.6 Å². The summed E-state index contributed by atoms with van der Waals surface area (Å²) < 4.78 is 10.2. The van der Waals surface area contributed by atoms with Gasteiger partial charge in [0.1, 0.15) is 5.84 Å². The van der Waals surface area contributed by atoms with Gasteiger partial charge in [0.25, 0.3) is 0 Å². The van der Waals surface area contributed by atoms with E-state index in [-0.39, 0.29) is 5.75 Å². The zero-order valence-corrected chi connectivity index (χ0v) is 10.6. The number of methoxy groups -OCH3 is 2. The molecule has 0 aliphatic heterocycles. The molecule has 0 radical (unpaired) electrons. The van der Waals surface area contributed by atoms with Crippen molar-refractivity contribution in [2.75, 3.05) is 27.8 Å². The Morgan fingerprint density at radius 1 is 1.29 bits per heavy atom. The second kappa shape index (κ2) is 5.98. The lowest BCUT2D eigenvalue weighted by Crippen LogP contribution is -2.23. The highest BCUT2D eigenvalue weighted by Gasteiger charge is 2.13. The molecule has 1 rings (SSSR count). The third-order valence-electron chi connectivity index (χ3n) is 2.32. The molecular weight excluding hydrogens is 220 g/mol. The summed E-state index contributed by atoms with van der Waals surface area (Å²) >= 11 is 0. The minimum absolute atomic E-state index is 0.00861. The number of nitrogens with zero attached hydrogens (tertiary/aromatic N) is 1. The molecule has 1 aromatic rings. The summed E-state index contributed by atoms with van der Waals surface area (Å²) in [5, 5.41) is 12.9. The van der Waals surface area contributed by atoms with Crippen LogP contribution >= 0.6 is 0 Å². The summed E-state index contributed by atoms with van der Waals surface area (Å²) in [5.74, 6) is 1.44. The van der Waals surface area contributed by atoms with E-state index in [2.05, 4.69) is 10.3 Å². The number of hydrogen-bond acceptors (Lipinski definition) is 4. The van der Waals surface area contributed by atoms with Gasteiger partial charge in [-0.15, -0.1) is 0 Å². The van der Waals surface area contributed by atoms with Gasteiger partial charge in [-0.3, -0.25) is 4.99 Å². The van der Waals surface area contributed by atoms with E-state index in [1.165, 1.54) is 14.2 Å². The quantitative estimate of drug-likeness (QED) is 0.614. The van der Waals surface area contributed by atoms with Gasteiger partial charge in [0.2, 0.25) is 5.75 Å². The molecule has 0 fully saturated rings. The number of hydrogen-bond donors (Lipinski definition) is 2. The smallest absolute Gasteiger partial charge is 0.200 e. The number of benzene rings is 1. The van der Waals surface area contributed by atoms with Crippen LogP contribution in [-0.2, 0) is 0 Å². The van der Waals surface area contributed by atoms with Gasteiger partial charge in [-0.1, -0.05) is 0 Å². The van der Waals surface area contributed by atoms with Crippen molar-refractivity contribution in [3.63, 3.8) is 0 Å². The Bertz CT molecular complexity index is 391. The average Bonchev–Trinajstić information content (AvgIpc) is 2.36. The van der Waals surface area contributed by atoms with Gasteiger partial charge < -0.3 is 19.9 Å². The first-order chi connectivity index (χ1) is 8.17. The fraction of sp³-hybridized carbons (Fsp3) is 0.417. The van der Waals surface area contributed by atoms with E-state index >= 15 is 0 Å². The molecule has 94 valence electrons. The third-order valence-corrected chi connectivity index (χ3v) is 2.32. The Kier molecular flexibility index (Phi) is 4.63. The highest BCUT2D eigenvalue weighted by atomic mass is 16.5. The molecule has 0 aromatic heterocycles. The third kappa shape index (κ3) is 2.81. The normalized spacial score (nSPS) is 11.2. The summed E-state index contributed by atoms with van der Waals surface area (Å²) in [6, 6.07) is 3.42. The summed E-state index contributed by atoms with van der Waals surface area (Å²) in [7, 11) is 4.69. The first-order valence-corrected chi connectivity index (χ1v) is 5.33. The number of ether oxygens (including phenoxy) is 2. The summed E-state index contributed by atoms with van der Waals surface area (Å²) in [6.07, 6.45) is 0. The molecule has 0 saturated heterocycles. The Hall–Kier alpha value is -1.91. The van der Waals surface area contributed by atoms with Crippen LogP contribution in [0.3, 0.4) is 0 Å². The molecule has 1 aromatic carbocycles. The maximum absolute atomic E-state index is 9.79. The van der Waals surface area contributed by atoms with E-state index in [1.807, 2.05) is 6.92 Å². The molecule has 0 unspecified atom stereocenters. The van der Waals surface area contributed by atoms with Crippen LogP contribution in [0, 0.1) is 0 Å². The van der Waals surface area contributed by atoms with E-state index in [1.54, 1.807) is 19.2 Å². The molecule has 0 spiro atoms. The fourth-order valence-corrected chi connectivity index (χ4v) is 1.51. The van der Waals surface area contributed by atoms with Gasteiger partial charge in [-0.25, -0.2) is 0 Å². The highest BCUT2D eigenvalue weighted by Crippen LogP contribution is 2.37. The number of nitrogens with one attached hydrogen (secondary N) is 1. The molecule has 2 N–H and O–H groups in total. The number of aliphatic imine (C=N–C) groups is 1. The van der Waals surface area contributed by atoms with E-state index in [4.69, 9.17) is 9.47 Å². The number of aromatic hydroxyl groups is 1. The van der Waals surface area contributed by atoms with Gasteiger partial charge in [0.15, 0.2) is 11.5 Å². The van der Waals surface area contributed by atoms with Gasteiger partial charge in [-0.05, 0) is 19.1 Å². The van der Waals surface area contributed by atoms with Crippen LogP contribution in [0.1, 0.15) is 12.5 Å². The van der Waals surface area contributed by atoms with Crippen LogP contribution < -0.4 is 14.8 Å². The van der Waals surface area contributed by atoms with Crippen molar-refractivity contribution in [2.45, 2.75) is 6.92 Å². The van der Waals surface area contributed by atoms with Crippen LogP contribution in [0.5, 0.6) is 17.2 Å². The van der Waals surface area contributed by atoms with Crippen molar-refractivity contribution in [1.29, 1.82) is 0 Å². The Balaban J connectivity index is 3.25. The van der Waals surface area contributed by atoms with Crippen LogP contribution in [0.15, 0.2) is 17.1 Å². The van der Waals surface area contributed by atoms with Gasteiger partial charge in [-0.2, -0.15) is 0 Å².